The molecule has 0 aliphatic heterocycles. The maximum atomic E-state index is 9.41. The van der Waals surface area contributed by atoms with Gasteiger partial charge in [0.2, 0.25) is 0 Å². The summed E-state index contributed by atoms with van der Waals surface area (Å²) >= 11 is 0. The smallest absolute Gasteiger partial charge is 0.545 e. The van der Waals surface area contributed by atoms with Crippen LogP contribution in [0.25, 0.3) is 0 Å². The van der Waals surface area contributed by atoms with Crippen molar-refractivity contribution in [1.82, 2.24) is 0 Å². The van der Waals surface area contributed by atoms with E-state index in [0.29, 0.717) is 12.2 Å². The first-order valence-electron chi connectivity index (χ1n) is 1.73. The topological polar surface area (TPSA) is 80.3 Å². The predicted molar refractivity (Wildman–Crippen MR) is 19.2 cm³/mol. The van der Waals surface area contributed by atoms with Gasteiger partial charge in [0, 0.05) is 0 Å². The molecule has 0 bridgehead atoms. The van der Waals surface area contributed by atoms with Gasteiger partial charge in [0.15, 0.2) is 0 Å². The van der Waals surface area contributed by atoms with Crippen molar-refractivity contribution in [3.63, 3.8) is 0 Å². The molecule has 0 heterocycles. The SMILES string of the molecule is O=C([O-])/C=C\C(=O)[O-].[Pd+2]. The Morgan fingerprint density at radius 3 is 1.33 bits per heavy atom. The summed E-state index contributed by atoms with van der Waals surface area (Å²) in [7, 11) is 0. The molecule has 0 saturated heterocycles. The molecule has 0 aliphatic rings. The van der Waals surface area contributed by atoms with Crippen LogP contribution >= 0.6 is 0 Å². The molecule has 0 rings (SSSR count). The minimum absolute atomic E-state index is 0. The Hall–Kier alpha value is -0.658. The number of carboxylic acid groups (broad SMARTS) is 2. The molecule has 0 amide bonds. The van der Waals surface area contributed by atoms with Crippen LogP contribution in [0.2, 0.25) is 0 Å². The molecule has 5 heteroatoms. The van der Waals surface area contributed by atoms with E-state index < -0.39 is 11.9 Å². The molecule has 0 aliphatic carbocycles. The number of carbonyl (C=O) groups excluding carboxylic acids is 2. The van der Waals surface area contributed by atoms with Gasteiger partial charge < -0.3 is 19.8 Å². The Balaban J connectivity index is 0. The van der Waals surface area contributed by atoms with Crippen LogP contribution in [0.5, 0.6) is 0 Å². The normalized spacial score (nSPS) is 8.44. The van der Waals surface area contributed by atoms with Crippen molar-refractivity contribution in [1.29, 1.82) is 0 Å². The molecule has 0 spiro atoms. The Bertz CT molecular complexity index is 124. The van der Waals surface area contributed by atoms with Crippen molar-refractivity contribution in [2.75, 3.05) is 0 Å². The average Bonchev–Trinajstić information content (AvgIpc) is 1.61. The molecular formula is C4H2O4Pd. The molecule has 0 aromatic rings. The molecule has 0 radical (unpaired) electrons. The summed E-state index contributed by atoms with van der Waals surface area (Å²) in [5.74, 6) is -3.09. The maximum Gasteiger partial charge on any atom is 2.00 e. The van der Waals surface area contributed by atoms with Gasteiger partial charge in [-0.15, -0.1) is 0 Å². The second-order valence-electron chi connectivity index (χ2n) is 0.971. The van der Waals surface area contributed by atoms with E-state index in [0.717, 1.165) is 0 Å². The fraction of sp³-hybridized carbons (Fsp3) is 0. The fourth-order valence-electron chi connectivity index (χ4n) is 0.136. The van der Waals surface area contributed by atoms with Gasteiger partial charge in [-0.05, 0) is 12.2 Å². The van der Waals surface area contributed by atoms with Crippen molar-refractivity contribution >= 4 is 11.9 Å². The number of hydrogen-bond donors (Lipinski definition) is 0. The predicted octanol–water partition coefficient (Wildman–Crippen LogP) is -2.96. The van der Waals surface area contributed by atoms with Crippen LogP contribution in [-0.4, -0.2) is 11.9 Å². The molecule has 0 N–H and O–H groups in total. The zero-order chi connectivity index (χ0) is 6.57. The van der Waals surface area contributed by atoms with Gasteiger partial charge in [-0.25, -0.2) is 0 Å². The van der Waals surface area contributed by atoms with Crippen LogP contribution in [-0.2, 0) is 30.0 Å². The summed E-state index contributed by atoms with van der Waals surface area (Å²) in [4.78, 5) is 18.8. The first kappa shape index (κ1) is 11.2. The summed E-state index contributed by atoms with van der Waals surface area (Å²) in [5, 5.41) is 18.8. The van der Waals surface area contributed by atoms with E-state index in [1.54, 1.807) is 0 Å². The van der Waals surface area contributed by atoms with Gasteiger partial charge in [-0.3, -0.25) is 0 Å². The van der Waals surface area contributed by atoms with E-state index in [4.69, 9.17) is 0 Å². The molecular weight excluding hydrogens is 218 g/mol. The molecule has 9 heavy (non-hydrogen) atoms. The zero-order valence-electron chi connectivity index (χ0n) is 4.10. The van der Waals surface area contributed by atoms with E-state index in [1.807, 2.05) is 0 Å². The van der Waals surface area contributed by atoms with Crippen LogP contribution in [0.1, 0.15) is 0 Å². The molecule has 0 atom stereocenters. The fourth-order valence-corrected chi connectivity index (χ4v) is 0.136. The standard InChI is InChI=1S/C4H4O4.Pd/c5-3(6)1-2-4(7)8;/h1-2H,(H,5,6)(H,7,8);/q;+2/p-2/b2-1-;. The summed E-state index contributed by atoms with van der Waals surface area (Å²) < 4.78 is 0. The molecule has 0 aromatic carbocycles. The van der Waals surface area contributed by atoms with Gasteiger partial charge in [0.25, 0.3) is 0 Å². The number of carbonyl (C=O) groups is 2. The quantitative estimate of drug-likeness (QED) is 0.368. The number of carboxylic acids is 2. The van der Waals surface area contributed by atoms with Gasteiger partial charge in [0.1, 0.15) is 0 Å². The molecule has 4 nitrogen and oxygen atoms in total. The van der Waals surface area contributed by atoms with Crippen LogP contribution in [0, 0.1) is 0 Å². The summed E-state index contributed by atoms with van der Waals surface area (Å²) in [5.41, 5.74) is 0. The minimum atomic E-state index is -1.55. The monoisotopic (exact) mass is 220 g/mol. The van der Waals surface area contributed by atoms with E-state index in [1.165, 1.54) is 0 Å². The van der Waals surface area contributed by atoms with E-state index in [9.17, 15) is 19.8 Å². The van der Waals surface area contributed by atoms with E-state index in [-0.39, 0.29) is 20.4 Å². The van der Waals surface area contributed by atoms with Crippen molar-refractivity contribution in [2.24, 2.45) is 0 Å². The summed E-state index contributed by atoms with van der Waals surface area (Å²) in [6.07, 6.45) is 0.769. The van der Waals surface area contributed by atoms with Crippen molar-refractivity contribution in [2.45, 2.75) is 0 Å². The average molecular weight is 220 g/mol. The van der Waals surface area contributed by atoms with Gasteiger partial charge in [0.05, 0.1) is 11.9 Å². The van der Waals surface area contributed by atoms with Gasteiger partial charge in [-0.1, -0.05) is 0 Å². The zero-order valence-corrected chi connectivity index (χ0v) is 5.66. The molecule has 0 fully saturated rings. The summed E-state index contributed by atoms with van der Waals surface area (Å²) in [6, 6.07) is 0. The van der Waals surface area contributed by atoms with Gasteiger partial charge in [-0.2, -0.15) is 0 Å². The third-order valence-corrected chi connectivity index (χ3v) is 0.355. The first-order valence-corrected chi connectivity index (χ1v) is 1.73. The molecule has 0 saturated carbocycles. The van der Waals surface area contributed by atoms with Crippen LogP contribution in [0.4, 0.5) is 0 Å². The second-order valence-corrected chi connectivity index (χ2v) is 0.971. The molecule has 0 aromatic heterocycles. The van der Waals surface area contributed by atoms with Crippen molar-refractivity contribution in [3.05, 3.63) is 12.2 Å². The Labute approximate surface area is 64.8 Å². The van der Waals surface area contributed by atoms with Crippen LogP contribution in [0.3, 0.4) is 0 Å². The third-order valence-electron chi connectivity index (χ3n) is 0.355. The second kappa shape index (κ2) is 5.48. The van der Waals surface area contributed by atoms with Crippen LogP contribution in [0.15, 0.2) is 12.2 Å². The van der Waals surface area contributed by atoms with Crippen molar-refractivity contribution < 1.29 is 40.2 Å². The largest absolute Gasteiger partial charge is 2.00 e. The Morgan fingerprint density at radius 1 is 1.00 bits per heavy atom. The number of aliphatic carboxylic acids is 2. The van der Waals surface area contributed by atoms with Crippen molar-refractivity contribution in [3.8, 4) is 0 Å². The van der Waals surface area contributed by atoms with E-state index in [2.05, 4.69) is 0 Å². The number of rotatable bonds is 2. The van der Waals surface area contributed by atoms with Gasteiger partial charge >= 0.3 is 20.4 Å². The summed E-state index contributed by atoms with van der Waals surface area (Å²) in [6.45, 7) is 0. The van der Waals surface area contributed by atoms with E-state index >= 15 is 0 Å². The first-order chi connectivity index (χ1) is 3.63. The Morgan fingerprint density at radius 2 is 1.22 bits per heavy atom. The molecule has 0 unspecified atom stereocenters. The third kappa shape index (κ3) is 11.1. The molecule has 52 valence electrons. The maximum absolute atomic E-state index is 9.41. The Kier molecular flexibility index (Phi) is 6.81. The van der Waals surface area contributed by atoms with Crippen LogP contribution < -0.4 is 10.2 Å². The number of hydrogen-bond acceptors (Lipinski definition) is 4. The minimum Gasteiger partial charge on any atom is -0.545 e.